The smallest absolute Gasteiger partial charge is 0.410 e. The maximum absolute atomic E-state index is 12.4. The summed E-state index contributed by atoms with van der Waals surface area (Å²) < 4.78 is 5.02. The second-order valence-electron chi connectivity index (χ2n) is 5.78. The van der Waals surface area contributed by atoms with Crippen molar-refractivity contribution in [2.45, 2.75) is 37.0 Å². The van der Waals surface area contributed by atoms with E-state index in [1.807, 2.05) is 4.90 Å². The number of aliphatic imine (C=N–C) groups is 1. The molecule has 2 aliphatic heterocycles. The van der Waals surface area contributed by atoms with Gasteiger partial charge in [0.2, 0.25) is 0 Å². The number of nitrogens with zero attached hydrogens (tertiary/aromatic N) is 3. The standard InChI is InChI=1S/C15H24N4O3S/c1-2-8-22-15(21)19-10-11(23)9-12(19)13(20)17-14(16)18-6-4-3-5-7-18/h2,11-12,23H,1,3-10H2,(H2,16,17,20)/t11-,12-/m0/s1. The number of carbonyl (C=O) groups is 2. The zero-order valence-electron chi connectivity index (χ0n) is 13.2. The quantitative estimate of drug-likeness (QED) is 0.346. The number of thiol groups is 1. The molecule has 0 spiro atoms. The SMILES string of the molecule is C=CCOC(=O)N1C[C@@H](S)C[C@H]1C(=O)N=C(N)N1CCCCC1. The van der Waals surface area contributed by atoms with Crippen molar-refractivity contribution in [1.29, 1.82) is 0 Å². The monoisotopic (exact) mass is 340 g/mol. The van der Waals surface area contributed by atoms with E-state index in [0.29, 0.717) is 13.0 Å². The van der Waals surface area contributed by atoms with Crippen LogP contribution < -0.4 is 5.73 Å². The highest BCUT2D eigenvalue weighted by Gasteiger charge is 2.39. The third kappa shape index (κ3) is 4.63. The number of nitrogens with two attached hydrogens (primary N) is 1. The first-order valence-corrected chi connectivity index (χ1v) is 8.40. The van der Waals surface area contributed by atoms with Crippen molar-refractivity contribution in [3.63, 3.8) is 0 Å². The minimum Gasteiger partial charge on any atom is -0.445 e. The molecule has 2 saturated heterocycles. The summed E-state index contributed by atoms with van der Waals surface area (Å²) in [6, 6.07) is -0.668. The molecule has 2 fully saturated rings. The Bertz CT molecular complexity index is 491. The van der Waals surface area contributed by atoms with Crippen molar-refractivity contribution in [1.82, 2.24) is 9.80 Å². The van der Waals surface area contributed by atoms with E-state index in [0.717, 1.165) is 25.9 Å². The van der Waals surface area contributed by atoms with E-state index < -0.39 is 18.0 Å². The van der Waals surface area contributed by atoms with E-state index in [9.17, 15) is 9.59 Å². The maximum Gasteiger partial charge on any atom is 0.410 e. The van der Waals surface area contributed by atoms with Crippen molar-refractivity contribution in [2.75, 3.05) is 26.2 Å². The molecule has 7 nitrogen and oxygen atoms in total. The molecule has 0 saturated carbocycles. The fourth-order valence-electron chi connectivity index (χ4n) is 2.84. The molecule has 0 radical (unpaired) electrons. The van der Waals surface area contributed by atoms with Crippen LogP contribution in [0.25, 0.3) is 0 Å². The molecule has 2 rings (SSSR count). The molecule has 23 heavy (non-hydrogen) atoms. The predicted octanol–water partition coefficient (Wildman–Crippen LogP) is 1.01. The van der Waals surface area contributed by atoms with E-state index in [1.165, 1.54) is 17.4 Å². The molecule has 8 heteroatoms. The van der Waals surface area contributed by atoms with Crippen LogP contribution in [0.3, 0.4) is 0 Å². The minimum atomic E-state index is -0.668. The van der Waals surface area contributed by atoms with Crippen LogP contribution in [0.2, 0.25) is 0 Å². The number of hydrogen-bond acceptors (Lipinski definition) is 4. The van der Waals surface area contributed by atoms with Crippen molar-refractivity contribution < 1.29 is 14.3 Å². The Hall–Kier alpha value is -1.70. The summed E-state index contributed by atoms with van der Waals surface area (Å²) in [4.78, 5) is 31.8. The van der Waals surface area contributed by atoms with E-state index in [1.54, 1.807) is 0 Å². The maximum atomic E-state index is 12.4. The van der Waals surface area contributed by atoms with Crippen molar-refractivity contribution >= 4 is 30.6 Å². The molecule has 2 heterocycles. The van der Waals surface area contributed by atoms with Gasteiger partial charge in [0, 0.05) is 24.9 Å². The zero-order chi connectivity index (χ0) is 16.8. The largest absolute Gasteiger partial charge is 0.445 e. The molecule has 2 atom stereocenters. The fraction of sp³-hybridized carbons (Fsp3) is 0.667. The summed E-state index contributed by atoms with van der Waals surface area (Å²) in [5, 5.41) is -0.0772. The average molecular weight is 340 g/mol. The summed E-state index contributed by atoms with van der Waals surface area (Å²) >= 11 is 4.37. The van der Waals surface area contributed by atoms with Crippen LogP contribution in [0.4, 0.5) is 4.79 Å². The van der Waals surface area contributed by atoms with Gasteiger partial charge in [0.25, 0.3) is 5.91 Å². The van der Waals surface area contributed by atoms with Crippen LogP contribution in [-0.2, 0) is 9.53 Å². The van der Waals surface area contributed by atoms with Crippen molar-refractivity contribution in [3.8, 4) is 0 Å². The molecule has 0 unspecified atom stereocenters. The molecule has 2 aliphatic rings. The van der Waals surface area contributed by atoms with Crippen molar-refractivity contribution in [3.05, 3.63) is 12.7 Å². The summed E-state index contributed by atoms with van der Waals surface area (Å²) in [5.41, 5.74) is 5.94. The number of likely N-dealkylation sites (tertiary alicyclic amines) is 2. The number of guanidine groups is 1. The Morgan fingerprint density at radius 2 is 2.04 bits per heavy atom. The number of hydrogen-bond donors (Lipinski definition) is 2. The number of amides is 2. The van der Waals surface area contributed by atoms with Crippen LogP contribution in [-0.4, -0.2) is 65.3 Å². The fourth-order valence-corrected chi connectivity index (χ4v) is 3.22. The van der Waals surface area contributed by atoms with Gasteiger partial charge >= 0.3 is 6.09 Å². The summed E-state index contributed by atoms with van der Waals surface area (Å²) in [7, 11) is 0. The number of piperidine rings is 1. The summed E-state index contributed by atoms with van der Waals surface area (Å²) in [6.07, 6.45) is 4.65. The van der Waals surface area contributed by atoms with E-state index >= 15 is 0 Å². The Labute approximate surface area is 141 Å². The lowest BCUT2D eigenvalue weighted by Crippen LogP contribution is -2.44. The first kappa shape index (κ1) is 17.7. The van der Waals surface area contributed by atoms with Crippen LogP contribution in [0.1, 0.15) is 25.7 Å². The van der Waals surface area contributed by atoms with Gasteiger partial charge in [0.15, 0.2) is 5.96 Å². The number of rotatable bonds is 3. The molecule has 2 N–H and O–H groups in total. The van der Waals surface area contributed by atoms with Gasteiger partial charge in [0.05, 0.1) is 0 Å². The van der Waals surface area contributed by atoms with E-state index in [-0.39, 0.29) is 17.8 Å². The molecule has 128 valence electrons. The Morgan fingerprint density at radius 1 is 1.35 bits per heavy atom. The minimum absolute atomic E-state index is 0.0772. The van der Waals surface area contributed by atoms with Crippen LogP contribution in [0, 0.1) is 0 Å². The highest BCUT2D eigenvalue weighted by molar-refractivity contribution is 7.81. The van der Waals surface area contributed by atoms with E-state index in [4.69, 9.17) is 10.5 Å². The molecular formula is C15H24N4O3S. The summed E-state index contributed by atoms with van der Waals surface area (Å²) in [6.45, 7) is 5.58. The molecule has 0 aromatic heterocycles. The molecule has 0 aromatic rings. The van der Waals surface area contributed by atoms with Crippen molar-refractivity contribution in [2.24, 2.45) is 10.7 Å². The highest BCUT2D eigenvalue weighted by Crippen LogP contribution is 2.24. The van der Waals surface area contributed by atoms with E-state index in [2.05, 4.69) is 24.2 Å². The second kappa shape index (κ2) is 8.24. The topological polar surface area (TPSA) is 88.2 Å². The lowest BCUT2D eigenvalue weighted by Gasteiger charge is -2.27. The van der Waals surface area contributed by atoms with Crippen LogP contribution in [0.15, 0.2) is 17.6 Å². The Kier molecular flexibility index (Phi) is 6.32. The first-order chi connectivity index (χ1) is 11.0. The third-order valence-corrected chi connectivity index (χ3v) is 4.40. The van der Waals surface area contributed by atoms with Gasteiger partial charge in [-0.1, -0.05) is 12.7 Å². The first-order valence-electron chi connectivity index (χ1n) is 7.88. The molecular weight excluding hydrogens is 316 g/mol. The van der Waals surface area contributed by atoms with Gasteiger partial charge in [-0.15, -0.1) is 0 Å². The number of ether oxygens (including phenoxy) is 1. The Balaban J connectivity index is 2.03. The van der Waals surface area contributed by atoms with Crippen LogP contribution in [0.5, 0.6) is 0 Å². The molecule has 0 aliphatic carbocycles. The van der Waals surface area contributed by atoms with Gasteiger partial charge < -0.3 is 15.4 Å². The van der Waals surface area contributed by atoms with Gasteiger partial charge in [-0.05, 0) is 25.7 Å². The normalized spacial score (nSPS) is 25.3. The summed E-state index contributed by atoms with van der Waals surface area (Å²) in [5.74, 6) is -0.183. The van der Waals surface area contributed by atoms with Gasteiger partial charge in [0.1, 0.15) is 12.6 Å². The predicted molar refractivity (Wildman–Crippen MR) is 91.5 cm³/mol. The number of carbonyl (C=O) groups excluding carboxylic acids is 2. The lowest BCUT2D eigenvalue weighted by molar-refractivity contribution is -0.121. The molecule has 0 aromatic carbocycles. The molecule has 0 bridgehead atoms. The highest BCUT2D eigenvalue weighted by atomic mass is 32.1. The zero-order valence-corrected chi connectivity index (χ0v) is 14.1. The molecule has 2 amide bonds. The Morgan fingerprint density at radius 3 is 2.70 bits per heavy atom. The van der Waals surface area contributed by atoms with Crippen LogP contribution >= 0.6 is 12.6 Å². The average Bonchev–Trinajstić information content (AvgIpc) is 2.95. The van der Waals surface area contributed by atoms with Gasteiger partial charge in [-0.3, -0.25) is 9.69 Å². The third-order valence-electron chi connectivity index (χ3n) is 4.03. The van der Waals surface area contributed by atoms with Gasteiger partial charge in [-0.2, -0.15) is 17.6 Å². The lowest BCUT2D eigenvalue weighted by atomic mass is 10.1. The van der Waals surface area contributed by atoms with Gasteiger partial charge in [-0.25, -0.2) is 4.79 Å². The second-order valence-corrected chi connectivity index (χ2v) is 6.51.